The fraction of sp³-hybridized carbons (Fsp3) is 0.375. The van der Waals surface area contributed by atoms with Crippen LogP contribution in [0.4, 0.5) is 5.69 Å². The van der Waals surface area contributed by atoms with Gasteiger partial charge in [-0.15, -0.1) is 0 Å². The van der Waals surface area contributed by atoms with E-state index in [0.29, 0.717) is 42.2 Å². The van der Waals surface area contributed by atoms with E-state index in [0.717, 1.165) is 24.8 Å². The molecule has 0 spiro atoms. The summed E-state index contributed by atoms with van der Waals surface area (Å²) in [5, 5.41) is 11.9. The molecule has 0 atom stereocenters. The molecule has 0 saturated carbocycles. The topological polar surface area (TPSA) is 73.2 Å². The second-order valence-corrected chi connectivity index (χ2v) is 7.63. The molecule has 5 nitrogen and oxygen atoms in total. The summed E-state index contributed by atoms with van der Waals surface area (Å²) >= 11 is 0. The van der Waals surface area contributed by atoms with Crippen molar-refractivity contribution >= 4 is 17.5 Å². The minimum Gasteiger partial charge on any atom is -0.339 e. The van der Waals surface area contributed by atoms with E-state index in [9.17, 15) is 9.59 Å². The van der Waals surface area contributed by atoms with Gasteiger partial charge in [0.25, 0.3) is 5.91 Å². The molecular formula is C24H27N3O2. The molecule has 1 aliphatic rings. The van der Waals surface area contributed by atoms with Gasteiger partial charge >= 0.3 is 0 Å². The first-order valence-electron chi connectivity index (χ1n) is 10.2. The summed E-state index contributed by atoms with van der Waals surface area (Å²) in [7, 11) is 0. The van der Waals surface area contributed by atoms with Crippen LogP contribution < -0.4 is 5.32 Å². The van der Waals surface area contributed by atoms with Crippen LogP contribution in [0.25, 0.3) is 0 Å². The first-order chi connectivity index (χ1) is 14.0. The normalized spacial score (nSPS) is 14.3. The lowest BCUT2D eigenvalue weighted by Crippen LogP contribution is -2.38. The van der Waals surface area contributed by atoms with E-state index in [1.807, 2.05) is 55.1 Å². The second kappa shape index (κ2) is 9.38. The molecule has 1 fully saturated rings. The Labute approximate surface area is 172 Å². The first kappa shape index (κ1) is 20.6. The van der Waals surface area contributed by atoms with Gasteiger partial charge in [0.15, 0.2) is 0 Å². The van der Waals surface area contributed by atoms with Crippen LogP contribution >= 0.6 is 0 Å². The molecule has 1 N–H and O–H groups in total. The van der Waals surface area contributed by atoms with Gasteiger partial charge in [-0.05, 0) is 67.5 Å². The quantitative estimate of drug-likeness (QED) is 0.810. The molecule has 0 aromatic heterocycles. The average molecular weight is 389 g/mol. The number of carbonyl (C=O) groups is 2. The van der Waals surface area contributed by atoms with Crippen molar-refractivity contribution in [1.82, 2.24) is 4.90 Å². The number of nitrogens with one attached hydrogen (secondary N) is 1. The van der Waals surface area contributed by atoms with Crippen molar-refractivity contribution in [3.63, 3.8) is 0 Å². The van der Waals surface area contributed by atoms with Gasteiger partial charge in [0.1, 0.15) is 0 Å². The van der Waals surface area contributed by atoms with Gasteiger partial charge in [-0.25, -0.2) is 0 Å². The Balaban J connectivity index is 1.64. The molecule has 0 radical (unpaired) electrons. The summed E-state index contributed by atoms with van der Waals surface area (Å²) in [5.74, 6) is 0.395. The molecule has 0 bridgehead atoms. The monoisotopic (exact) mass is 389 g/mol. The highest BCUT2D eigenvalue weighted by molar-refractivity contribution is 5.97. The van der Waals surface area contributed by atoms with Crippen molar-refractivity contribution < 1.29 is 9.59 Å². The van der Waals surface area contributed by atoms with Crippen molar-refractivity contribution in [2.75, 3.05) is 18.4 Å². The number of benzene rings is 2. The number of hydrogen-bond donors (Lipinski definition) is 1. The van der Waals surface area contributed by atoms with Gasteiger partial charge in [-0.1, -0.05) is 25.1 Å². The Hall–Kier alpha value is -3.13. The van der Waals surface area contributed by atoms with Crippen LogP contribution in [0.5, 0.6) is 0 Å². The molecular weight excluding hydrogens is 362 g/mol. The van der Waals surface area contributed by atoms with E-state index >= 15 is 0 Å². The molecule has 5 heteroatoms. The van der Waals surface area contributed by atoms with Crippen LogP contribution in [0.2, 0.25) is 0 Å². The number of amides is 2. The number of nitrogens with zero attached hydrogens (tertiary/aromatic N) is 2. The van der Waals surface area contributed by atoms with E-state index in [1.54, 1.807) is 6.07 Å². The summed E-state index contributed by atoms with van der Waals surface area (Å²) in [6, 6.07) is 15.4. The third kappa shape index (κ3) is 5.03. The number of rotatable bonds is 5. The molecule has 0 aliphatic carbocycles. The Morgan fingerprint density at radius 3 is 2.45 bits per heavy atom. The summed E-state index contributed by atoms with van der Waals surface area (Å²) in [6.45, 7) is 5.30. The molecule has 150 valence electrons. The molecule has 2 aromatic carbocycles. The number of anilines is 1. The molecule has 1 saturated heterocycles. The number of aryl methyl sites for hydroxylation is 1. The van der Waals surface area contributed by atoms with Crippen LogP contribution in [0.1, 0.15) is 65.6 Å². The highest BCUT2D eigenvalue weighted by Gasteiger charge is 2.25. The Kier molecular flexibility index (Phi) is 6.66. The minimum absolute atomic E-state index is 0.00858. The molecule has 3 rings (SSSR count). The fourth-order valence-electron chi connectivity index (χ4n) is 3.76. The lowest BCUT2D eigenvalue weighted by atomic mass is 9.89. The average Bonchev–Trinajstić information content (AvgIpc) is 2.75. The number of likely N-dealkylation sites (tertiary alicyclic amines) is 1. The maximum Gasteiger partial charge on any atom is 0.253 e. The third-order valence-electron chi connectivity index (χ3n) is 5.53. The van der Waals surface area contributed by atoms with Crippen LogP contribution in [0, 0.1) is 18.3 Å². The van der Waals surface area contributed by atoms with Crippen LogP contribution in [-0.4, -0.2) is 29.8 Å². The lowest BCUT2D eigenvalue weighted by molar-refractivity contribution is -0.116. The Bertz CT molecular complexity index is 920. The summed E-state index contributed by atoms with van der Waals surface area (Å²) in [6.07, 6.45) is 3.07. The number of hydrogen-bond acceptors (Lipinski definition) is 3. The predicted molar refractivity (Wildman–Crippen MR) is 114 cm³/mol. The first-order valence-corrected chi connectivity index (χ1v) is 10.2. The van der Waals surface area contributed by atoms with E-state index in [1.165, 1.54) is 5.56 Å². The van der Waals surface area contributed by atoms with Crippen LogP contribution in [0.15, 0.2) is 42.5 Å². The summed E-state index contributed by atoms with van der Waals surface area (Å²) in [4.78, 5) is 26.8. The van der Waals surface area contributed by atoms with Gasteiger partial charge in [-0.2, -0.15) is 5.26 Å². The molecule has 1 aliphatic heterocycles. The fourth-order valence-corrected chi connectivity index (χ4v) is 3.76. The van der Waals surface area contributed by atoms with Crippen molar-refractivity contribution in [1.29, 1.82) is 5.26 Å². The highest BCUT2D eigenvalue weighted by Crippen LogP contribution is 2.29. The van der Waals surface area contributed by atoms with Gasteiger partial charge in [0.2, 0.25) is 5.91 Å². The molecule has 2 amide bonds. The van der Waals surface area contributed by atoms with E-state index in [-0.39, 0.29) is 11.8 Å². The van der Waals surface area contributed by atoms with Crippen LogP contribution in [-0.2, 0) is 4.79 Å². The zero-order valence-corrected chi connectivity index (χ0v) is 17.1. The molecule has 1 heterocycles. The predicted octanol–water partition coefficient (Wildman–Crippen LogP) is 4.63. The number of nitriles is 1. The largest absolute Gasteiger partial charge is 0.339 e. The summed E-state index contributed by atoms with van der Waals surface area (Å²) in [5.41, 5.74) is 4.17. The highest BCUT2D eigenvalue weighted by atomic mass is 16.2. The van der Waals surface area contributed by atoms with Crippen molar-refractivity contribution in [2.45, 2.75) is 45.4 Å². The number of carbonyl (C=O) groups excluding carboxylic acids is 2. The van der Waals surface area contributed by atoms with Crippen molar-refractivity contribution in [2.24, 2.45) is 0 Å². The third-order valence-corrected chi connectivity index (χ3v) is 5.53. The minimum atomic E-state index is -0.0246. The summed E-state index contributed by atoms with van der Waals surface area (Å²) < 4.78 is 0. The lowest BCUT2D eigenvalue weighted by Gasteiger charge is -2.32. The van der Waals surface area contributed by atoms with E-state index in [2.05, 4.69) is 11.4 Å². The SMILES string of the molecule is CCCC(=O)Nc1cc(C(=O)N2CCC(c3ccc(C#N)cc3)CC2)ccc1C. The van der Waals surface area contributed by atoms with E-state index in [4.69, 9.17) is 5.26 Å². The van der Waals surface area contributed by atoms with Gasteiger partial charge in [0.05, 0.1) is 11.6 Å². The molecule has 2 aromatic rings. The van der Waals surface area contributed by atoms with Crippen molar-refractivity contribution in [3.8, 4) is 6.07 Å². The van der Waals surface area contributed by atoms with Crippen LogP contribution in [0.3, 0.4) is 0 Å². The maximum absolute atomic E-state index is 13.0. The molecule has 29 heavy (non-hydrogen) atoms. The maximum atomic E-state index is 13.0. The van der Waals surface area contributed by atoms with E-state index < -0.39 is 0 Å². The van der Waals surface area contributed by atoms with Gasteiger partial charge < -0.3 is 10.2 Å². The Morgan fingerprint density at radius 2 is 1.83 bits per heavy atom. The smallest absolute Gasteiger partial charge is 0.253 e. The van der Waals surface area contributed by atoms with Gasteiger partial charge in [0, 0.05) is 30.8 Å². The van der Waals surface area contributed by atoms with Crippen molar-refractivity contribution in [3.05, 3.63) is 64.7 Å². The van der Waals surface area contributed by atoms with Gasteiger partial charge in [-0.3, -0.25) is 9.59 Å². The Morgan fingerprint density at radius 1 is 1.14 bits per heavy atom. The zero-order valence-electron chi connectivity index (χ0n) is 17.1. The number of piperidine rings is 1. The standard InChI is InChI=1S/C24H27N3O2/c1-3-4-23(28)26-22-15-21(8-5-17(22)2)24(29)27-13-11-20(12-14-27)19-9-6-18(16-25)7-10-19/h5-10,15,20H,3-4,11-14H2,1-2H3,(H,26,28). The molecule has 0 unspecified atom stereocenters. The zero-order chi connectivity index (χ0) is 20.8. The second-order valence-electron chi connectivity index (χ2n) is 7.63.